The number of carbonyl (C=O) groups excluding carboxylic acids is 4. The Morgan fingerprint density at radius 1 is 1.21 bits per heavy atom. The summed E-state index contributed by atoms with van der Waals surface area (Å²) in [7, 11) is 0. The third-order valence-electron chi connectivity index (χ3n) is 5.51. The first kappa shape index (κ1) is 21.0. The normalized spacial score (nSPS) is 24.6. The number of imide groups is 1. The fourth-order valence-corrected chi connectivity index (χ4v) is 5.26. The molecule has 1 aliphatic carbocycles. The number of thioether (sulfide) groups is 1. The second-order valence-corrected chi connectivity index (χ2v) is 9.90. The van der Waals surface area contributed by atoms with E-state index in [2.05, 4.69) is 10.6 Å². The quantitative estimate of drug-likeness (QED) is 0.684. The Bertz CT molecular complexity index is 669. The molecule has 1 atom stereocenters. The van der Waals surface area contributed by atoms with E-state index in [1.54, 1.807) is 4.90 Å². The van der Waals surface area contributed by atoms with Crippen molar-refractivity contribution in [1.82, 2.24) is 20.4 Å². The minimum atomic E-state index is -0.767. The van der Waals surface area contributed by atoms with Crippen molar-refractivity contribution in [3.63, 3.8) is 0 Å². The Kier molecular flexibility index (Phi) is 5.93. The highest BCUT2D eigenvalue weighted by molar-refractivity contribution is 7.99. The second kappa shape index (κ2) is 7.93. The minimum absolute atomic E-state index is 0.0368. The van der Waals surface area contributed by atoms with Crippen LogP contribution in [0.3, 0.4) is 0 Å². The number of rotatable bonds is 4. The standard InChI is InChI=1S/C19H30N4O4S/c1-18(2,3)20-15(25)13-11-28-12-23(13)14(24)7-10-22-16(26)19(21-17(22)27)8-5-4-6-9-19/h13H,4-12H2,1-3H3,(H,20,25)(H,21,27). The Morgan fingerprint density at radius 2 is 1.89 bits per heavy atom. The molecular formula is C19H30N4O4S. The van der Waals surface area contributed by atoms with E-state index in [-0.39, 0.29) is 36.2 Å². The maximum Gasteiger partial charge on any atom is 0.325 e. The molecule has 8 nitrogen and oxygen atoms in total. The third-order valence-corrected chi connectivity index (χ3v) is 6.52. The molecule has 2 aliphatic heterocycles. The first-order valence-electron chi connectivity index (χ1n) is 9.96. The van der Waals surface area contributed by atoms with Crippen LogP contribution in [0.5, 0.6) is 0 Å². The number of carbonyl (C=O) groups is 4. The largest absolute Gasteiger partial charge is 0.350 e. The van der Waals surface area contributed by atoms with Crippen LogP contribution >= 0.6 is 11.8 Å². The van der Waals surface area contributed by atoms with E-state index < -0.39 is 17.6 Å². The van der Waals surface area contributed by atoms with Gasteiger partial charge in [-0.3, -0.25) is 19.3 Å². The van der Waals surface area contributed by atoms with E-state index in [1.165, 1.54) is 16.7 Å². The Balaban J connectivity index is 1.58. The van der Waals surface area contributed by atoms with Gasteiger partial charge in [0.15, 0.2) is 0 Å². The molecule has 0 radical (unpaired) electrons. The summed E-state index contributed by atoms with van der Waals surface area (Å²) in [5, 5.41) is 5.78. The van der Waals surface area contributed by atoms with Gasteiger partial charge in [-0.25, -0.2) is 4.79 Å². The van der Waals surface area contributed by atoms with Crippen molar-refractivity contribution in [1.29, 1.82) is 0 Å². The van der Waals surface area contributed by atoms with Gasteiger partial charge in [-0.15, -0.1) is 11.8 Å². The Labute approximate surface area is 170 Å². The van der Waals surface area contributed by atoms with Gasteiger partial charge in [-0.1, -0.05) is 19.3 Å². The minimum Gasteiger partial charge on any atom is -0.350 e. The summed E-state index contributed by atoms with van der Waals surface area (Å²) >= 11 is 1.53. The van der Waals surface area contributed by atoms with Crippen molar-refractivity contribution >= 4 is 35.5 Å². The number of amides is 5. The molecule has 0 bridgehead atoms. The molecule has 0 aromatic carbocycles. The zero-order valence-corrected chi connectivity index (χ0v) is 17.7. The van der Waals surface area contributed by atoms with Crippen LogP contribution in [0.2, 0.25) is 0 Å². The first-order chi connectivity index (χ1) is 13.1. The van der Waals surface area contributed by atoms with Gasteiger partial charge in [0, 0.05) is 24.3 Å². The van der Waals surface area contributed by atoms with Crippen LogP contribution in [0, 0.1) is 0 Å². The highest BCUT2D eigenvalue weighted by Crippen LogP contribution is 2.33. The monoisotopic (exact) mass is 410 g/mol. The summed E-state index contributed by atoms with van der Waals surface area (Å²) in [5.41, 5.74) is -1.13. The van der Waals surface area contributed by atoms with Crippen LogP contribution < -0.4 is 10.6 Å². The molecule has 0 aromatic rings. The van der Waals surface area contributed by atoms with Crippen LogP contribution in [0.1, 0.15) is 59.3 Å². The summed E-state index contributed by atoms with van der Waals surface area (Å²) in [6, 6.07) is -0.915. The smallest absolute Gasteiger partial charge is 0.325 e. The average Bonchev–Trinajstić information content (AvgIpc) is 3.18. The van der Waals surface area contributed by atoms with Gasteiger partial charge in [-0.2, -0.15) is 0 Å². The van der Waals surface area contributed by atoms with Crippen LogP contribution in [0.4, 0.5) is 4.79 Å². The lowest BCUT2D eigenvalue weighted by Crippen LogP contribution is -2.52. The van der Waals surface area contributed by atoms with Crippen molar-refractivity contribution in [2.75, 3.05) is 18.2 Å². The van der Waals surface area contributed by atoms with Gasteiger partial charge in [0.1, 0.15) is 11.6 Å². The Morgan fingerprint density at radius 3 is 2.54 bits per heavy atom. The highest BCUT2D eigenvalue weighted by Gasteiger charge is 2.51. The molecule has 1 unspecified atom stereocenters. The van der Waals surface area contributed by atoms with E-state index >= 15 is 0 Å². The molecule has 2 N–H and O–H groups in total. The zero-order chi connectivity index (χ0) is 20.5. The first-order valence-corrected chi connectivity index (χ1v) is 11.1. The molecule has 5 amide bonds. The van der Waals surface area contributed by atoms with Crippen LogP contribution in [-0.2, 0) is 14.4 Å². The number of nitrogens with one attached hydrogen (secondary N) is 2. The van der Waals surface area contributed by atoms with Crippen molar-refractivity contribution < 1.29 is 19.2 Å². The molecule has 9 heteroatoms. The third kappa shape index (κ3) is 4.29. The van der Waals surface area contributed by atoms with Gasteiger partial charge in [0.2, 0.25) is 11.8 Å². The number of hydrogen-bond donors (Lipinski definition) is 2. The number of hydrogen-bond acceptors (Lipinski definition) is 5. The molecule has 1 saturated carbocycles. The fourth-order valence-electron chi connectivity index (χ4n) is 4.08. The molecule has 2 heterocycles. The number of urea groups is 1. The molecule has 3 rings (SSSR count). The van der Waals surface area contributed by atoms with E-state index in [0.717, 1.165) is 19.3 Å². The van der Waals surface area contributed by atoms with Crippen molar-refractivity contribution in [3.8, 4) is 0 Å². The predicted molar refractivity (Wildman–Crippen MR) is 107 cm³/mol. The summed E-state index contributed by atoms with van der Waals surface area (Å²) in [4.78, 5) is 53.1. The molecule has 2 saturated heterocycles. The van der Waals surface area contributed by atoms with Crippen molar-refractivity contribution in [3.05, 3.63) is 0 Å². The molecule has 1 spiro atoms. The van der Waals surface area contributed by atoms with E-state index in [9.17, 15) is 19.2 Å². The van der Waals surface area contributed by atoms with Gasteiger partial charge in [0.05, 0.1) is 5.88 Å². The molecular weight excluding hydrogens is 380 g/mol. The molecule has 0 aromatic heterocycles. The maximum atomic E-state index is 12.8. The van der Waals surface area contributed by atoms with Gasteiger partial charge < -0.3 is 15.5 Å². The summed E-state index contributed by atoms with van der Waals surface area (Å²) < 4.78 is 0. The topological polar surface area (TPSA) is 98.8 Å². The SMILES string of the molecule is CC(C)(C)NC(=O)C1CSCN1C(=O)CCN1C(=O)NC2(CCCCC2)C1=O. The summed E-state index contributed by atoms with van der Waals surface area (Å²) in [6.45, 7) is 5.76. The van der Waals surface area contributed by atoms with Gasteiger partial charge >= 0.3 is 6.03 Å². The molecule has 3 fully saturated rings. The summed E-state index contributed by atoms with van der Waals surface area (Å²) in [5.74, 6) is 0.430. The van der Waals surface area contributed by atoms with Crippen LogP contribution in [0.15, 0.2) is 0 Å². The number of nitrogens with zero attached hydrogens (tertiary/aromatic N) is 2. The predicted octanol–water partition coefficient (Wildman–Crippen LogP) is 1.45. The van der Waals surface area contributed by atoms with Gasteiger partial charge in [-0.05, 0) is 33.6 Å². The summed E-state index contributed by atoms with van der Waals surface area (Å²) in [6.07, 6.45) is 4.30. The fraction of sp³-hybridized carbons (Fsp3) is 0.789. The lowest BCUT2D eigenvalue weighted by atomic mass is 9.82. The highest BCUT2D eigenvalue weighted by atomic mass is 32.2. The van der Waals surface area contributed by atoms with Crippen LogP contribution in [0.25, 0.3) is 0 Å². The van der Waals surface area contributed by atoms with Crippen molar-refractivity contribution in [2.45, 2.75) is 76.4 Å². The van der Waals surface area contributed by atoms with Crippen LogP contribution in [-0.4, -0.2) is 68.8 Å². The molecule has 28 heavy (non-hydrogen) atoms. The van der Waals surface area contributed by atoms with Crippen molar-refractivity contribution in [2.24, 2.45) is 0 Å². The van der Waals surface area contributed by atoms with Gasteiger partial charge in [0.25, 0.3) is 5.91 Å². The molecule has 156 valence electrons. The molecule has 3 aliphatic rings. The maximum absolute atomic E-state index is 12.8. The Hall–Kier alpha value is -1.77. The lowest BCUT2D eigenvalue weighted by Gasteiger charge is -2.30. The zero-order valence-electron chi connectivity index (χ0n) is 16.9. The average molecular weight is 411 g/mol. The lowest BCUT2D eigenvalue weighted by molar-refractivity contribution is -0.139. The van der Waals surface area contributed by atoms with E-state index in [4.69, 9.17) is 0 Å². The second-order valence-electron chi connectivity index (χ2n) is 8.90. The van der Waals surface area contributed by atoms with E-state index in [0.29, 0.717) is 24.5 Å². The van der Waals surface area contributed by atoms with E-state index in [1.807, 2.05) is 20.8 Å².